The molecule has 0 saturated heterocycles. The quantitative estimate of drug-likeness (QED) is 0.683. The van der Waals surface area contributed by atoms with Crippen LogP contribution in [0.4, 0.5) is 0 Å². The van der Waals surface area contributed by atoms with Crippen molar-refractivity contribution < 1.29 is 0 Å². The van der Waals surface area contributed by atoms with Gasteiger partial charge in [-0.05, 0) is 23.1 Å². The topological polar surface area (TPSA) is 12.4 Å². The summed E-state index contributed by atoms with van der Waals surface area (Å²) < 4.78 is 1.42. The van der Waals surface area contributed by atoms with E-state index in [2.05, 4.69) is 42.4 Å². The minimum Gasteiger partial charge on any atom is -0.264 e. The molecule has 0 saturated carbocycles. The molecule has 0 unspecified atom stereocenters. The Balaban J connectivity index is 2.43. The van der Waals surface area contributed by atoms with Crippen LogP contribution in [0.3, 0.4) is 0 Å². The minimum absolute atomic E-state index is 0.574. The fraction of sp³-hybridized carbons (Fsp3) is 0.214. The summed E-state index contributed by atoms with van der Waals surface area (Å²) in [6.45, 7) is 4.49. The molecule has 2 heterocycles. The van der Waals surface area contributed by atoms with Gasteiger partial charge in [0.05, 0.1) is 0 Å². The first-order valence-electron chi connectivity index (χ1n) is 5.51. The Labute approximate surface area is 99.1 Å². The van der Waals surface area contributed by atoms with Crippen LogP contribution in [0.2, 0.25) is 0 Å². The zero-order valence-electron chi connectivity index (χ0n) is 9.40. The van der Waals surface area contributed by atoms with Crippen LogP contribution in [-0.2, 0) is 0 Å². The Morgan fingerprint density at radius 1 is 1.19 bits per heavy atom. The highest BCUT2D eigenvalue weighted by Gasteiger charge is 2.13. The van der Waals surface area contributed by atoms with Gasteiger partial charge in [0.1, 0.15) is 0 Å². The van der Waals surface area contributed by atoms with Gasteiger partial charge in [-0.3, -0.25) is 4.99 Å². The standard InChI is InChI=1S/C14H13NS/c1-9(2)12-4-3-10-5-6-15-7-11-8-16-14(12)13(10)11/h3-9H,1-2H3. The fourth-order valence-electron chi connectivity index (χ4n) is 2.16. The van der Waals surface area contributed by atoms with Crippen LogP contribution in [-0.4, -0.2) is 6.21 Å². The summed E-state index contributed by atoms with van der Waals surface area (Å²) in [7, 11) is 0. The molecular weight excluding hydrogens is 214 g/mol. The molecule has 16 heavy (non-hydrogen) atoms. The molecule has 2 heteroatoms. The van der Waals surface area contributed by atoms with E-state index >= 15 is 0 Å². The highest BCUT2D eigenvalue weighted by atomic mass is 32.1. The molecule has 3 rings (SSSR count). The van der Waals surface area contributed by atoms with E-state index in [4.69, 9.17) is 0 Å². The molecule has 0 N–H and O–H groups in total. The van der Waals surface area contributed by atoms with Crippen LogP contribution < -0.4 is 0 Å². The monoisotopic (exact) mass is 227 g/mol. The first-order valence-corrected chi connectivity index (χ1v) is 6.39. The van der Waals surface area contributed by atoms with Crippen molar-refractivity contribution >= 4 is 33.7 Å². The average Bonchev–Trinajstić information content (AvgIpc) is 2.56. The van der Waals surface area contributed by atoms with E-state index in [0.29, 0.717) is 5.92 Å². The molecule has 1 aliphatic rings. The second kappa shape index (κ2) is 3.56. The lowest BCUT2D eigenvalue weighted by molar-refractivity contribution is 0.878. The largest absolute Gasteiger partial charge is 0.264 e. The fourth-order valence-corrected chi connectivity index (χ4v) is 3.37. The lowest BCUT2D eigenvalue weighted by Crippen LogP contribution is -1.89. The molecule has 0 amide bonds. The zero-order chi connectivity index (χ0) is 11.1. The van der Waals surface area contributed by atoms with Gasteiger partial charge < -0.3 is 0 Å². The van der Waals surface area contributed by atoms with Gasteiger partial charge in [-0.2, -0.15) is 0 Å². The Morgan fingerprint density at radius 2 is 2.06 bits per heavy atom. The highest BCUT2D eigenvalue weighted by molar-refractivity contribution is 7.17. The van der Waals surface area contributed by atoms with Gasteiger partial charge in [-0.1, -0.05) is 26.0 Å². The van der Waals surface area contributed by atoms with Crippen LogP contribution in [0.5, 0.6) is 0 Å². The van der Waals surface area contributed by atoms with Gasteiger partial charge in [-0.25, -0.2) is 0 Å². The van der Waals surface area contributed by atoms with Crippen molar-refractivity contribution in [3.8, 4) is 0 Å². The first-order chi connectivity index (χ1) is 7.77. The number of hydrogen-bond acceptors (Lipinski definition) is 2. The maximum Gasteiger partial charge on any atom is 0.0390 e. The van der Waals surface area contributed by atoms with Gasteiger partial charge in [0.2, 0.25) is 0 Å². The zero-order valence-corrected chi connectivity index (χ0v) is 10.2. The van der Waals surface area contributed by atoms with E-state index in [1.165, 1.54) is 26.8 Å². The number of aliphatic imine (C=N–C) groups is 1. The van der Waals surface area contributed by atoms with E-state index < -0.39 is 0 Å². The third kappa shape index (κ3) is 1.34. The van der Waals surface area contributed by atoms with Crippen molar-refractivity contribution in [2.24, 2.45) is 4.99 Å². The van der Waals surface area contributed by atoms with Gasteiger partial charge in [0.15, 0.2) is 0 Å². The molecule has 1 aliphatic heterocycles. The van der Waals surface area contributed by atoms with E-state index in [-0.39, 0.29) is 0 Å². The highest BCUT2D eigenvalue weighted by Crippen LogP contribution is 2.36. The smallest absolute Gasteiger partial charge is 0.0390 e. The summed E-state index contributed by atoms with van der Waals surface area (Å²) >= 11 is 1.83. The average molecular weight is 227 g/mol. The summed E-state index contributed by atoms with van der Waals surface area (Å²) in [5.41, 5.74) is 3.98. The number of hydrogen-bond donors (Lipinski definition) is 0. The third-order valence-corrected chi connectivity index (χ3v) is 4.04. The number of benzene rings is 1. The molecule has 0 radical (unpaired) electrons. The molecule has 2 aromatic rings. The lowest BCUT2D eigenvalue weighted by atomic mass is 9.97. The van der Waals surface area contributed by atoms with Crippen molar-refractivity contribution in [1.29, 1.82) is 0 Å². The minimum atomic E-state index is 0.574. The summed E-state index contributed by atoms with van der Waals surface area (Å²) in [6, 6.07) is 4.46. The molecule has 0 spiro atoms. The number of thiophene rings is 1. The molecule has 0 atom stereocenters. The normalized spacial score (nSPS) is 13.7. The van der Waals surface area contributed by atoms with Crippen molar-refractivity contribution in [3.63, 3.8) is 0 Å². The number of rotatable bonds is 1. The predicted molar refractivity (Wildman–Crippen MR) is 72.5 cm³/mol. The molecule has 0 fully saturated rings. The molecule has 1 aromatic carbocycles. The Hall–Kier alpha value is -1.41. The maximum absolute atomic E-state index is 4.26. The van der Waals surface area contributed by atoms with Crippen LogP contribution in [0.25, 0.3) is 16.2 Å². The summed E-state index contributed by atoms with van der Waals surface area (Å²) in [5.74, 6) is 0.574. The SMILES string of the molecule is CC(C)c1ccc2c3c(csc13)C=NC=C2. The van der Waals surface area contributed by atoms with Crippen molar-refractivity contribution in [2.75, 3.05) is 0 Å². The van der Waals surface area contributed by atoms with Crippen molar-refractivity contribution in [1.82, 2.24) is 0 Å². The van der Waals surface area contributed by atoms with E-state index in [1.807, 2.05) is 23.8 Å². The molecular formula is C14H13NS. The van der Waals surface area contributed by atoms with Gasteiger partial charge in [0.25, 0.3) is 0 Å². The van der Waals surface area contributed by atoms with Crippen molar-refractivity contribution in [3.05, 3.63) is 40.4 Å². The number of nitrogens with zero attached hydrogens (tertiary/aromatic N) is 1. The molecule has 80 valence electrons. The van der Waals surface area contributed by atoms with Crippen molar-refractivity contribution in [2.45, 2.75) is 19.8 Å². The summed E-state index contributed by atoms with van der Waals surface area (Å²) in [6.07, 6.45) is 5.91. The van der Waals surface area contributed by atoms with Gasteiger partial charge in [0, 0.05) is 33.4 Å². The summed E-state index contributed by atoms with van der Waals surface area (Å²) in [4.78, 5) is 4.26. The molecule has 1 aromatic heterocycles. The van der Waals surface area contributed by atoms with Crippen LogP contribution in [0.15, 0.2) is 28.7 Å². The van der Waals surface area contributed by atoms with E-state index in [9.17, 15) is 0 Å². The van der Waals surface area contributed by atoms with E-state index in [1.54, 1.807) is 0 Å². The summed E-state index contributed by atoms with van der Waals surface area (Å²) in [5, 5.41) is 3.57. The van der Waals surface area contributed by atoms with E-state index in [0.717, 1.165) is 0 Å². The van der Waals surface area contributed by atoms with Gasteiger partial charge in [-0.15, -0.1) is 11.3 Å². The third-order valence-electron chi connectivity index (χ3n) is 2.99. The lowest BCUT2D eigenvalue weighted by Gasteiger charge is -2.08. The first kappa shape index (κ1) is 9.79. The van der Waals surface area contributed by atoms with Crippen LogP contribution >= 0.6 is 11.3 Å². The Bertz CT molecular complexity index is 602. The van der Waals surface area contributed by atoms with Crippen LogP contribution in [0.1, 0.15) is 36.5 Å². The molecule has 0 aliphatic carbocycles. The Kier molecular flexibility index (Phi) is 2.18. The van der Waals surface area contributed by atoms with Crippen LogP contribution in [0, 0.1) is 0 Å². The molecule has 0 bridgehead atoms. The second-order valence-corrected chi connectivity index (χ2v) is 5.27. The maximum atomic E-state index is 4.26. The van der Waals surface area contributed by atoms with Gasteiger partial charge >= 0.3 is 0 Å². The second-order valence-electron chi connectivity index (χ2n) is 4.39. The Morgan fingerprint density at radius 3 is 2.88 bits per heavy atom. The molecule has 1 nitrogen and oxygen atoms in total. The predicted octanol–water partition coefficient (Wildman–Crippen LogP) is 4.43.